The maximum Gasteiger partial charge on any atom is 0.223 e. The lowest BCUT2D eigenvalue weighted by molar-refractivity contribution is -0.127. The average Bonchev–Trinajstić information content (AvgIpc) is 2.94. The van der Waals surface area contributed by atoms with Crippen molar-refractivity contribution >= 4 is 5.91 Å². The minimum Gasteiger partial charge on any atom is -0.395 e. The van der Waals surface area contributed by atoms with Crippen molar-refractivity contribution in [3.05, 3.63) is 35.4 Å². The van der Waals surface area contributed by atoms with Gasteiger partial charge in [0.1, 0.15) is 0 Å². The number of hydrogen-bond acceptors (Lipinski definition) is 5. The molecule has 6 heteroatoms. The minimum absolute atomic E-state index is 0.0508. The van der Waals surface area contributed by atoms with Crippen LogP contribution in [0.15, 0.2) is 24.3 Å². The number of aliphatic hydroxyl groups is 1. The highest BCUT2D eigenvalue weighted by Gasteiger charge is 2.54. The van der Waals surface area contributed by atoms with Gasteiger partial charge in [-0.15, -0.1) is 0 Å². The molecule has 1 aliphatic heterocycles. The SMILES string of the molecule is COCCO[C@H]1[C@H](NC(=O)C(C)C)c2ccccc2C12CCN(CCO)CC2. The lowest BCUT2D eigenvalue weighted by atomic mass is 9.72. The zero-order chi connectivity index (χ0) is 20.1. The van der Waals surface area contributed by atoms with E-state index in [2.05, 4.69) is 28.4 Å². The summed E-state index contributed by atoms with van der Waals surface area (Å²) in [6.07, 6.45) is 1.80. The molecule has 0 unspecified atom stereocenters. The Balaban J connectivity index is 1.92. The molecule has 1 fully saturated rings. The number of aliphatic hydroxyl groups excluding tert-OH is 1. The Kier molecular flexibility index (Phi) is 7.10. The van der Waals surface area contributed by atoms with Gasteiger partial charge in [-0.25, -0.2) is 0 Å². The lowest BCUT2D eigenvalue weighted by Gasteiger charge is -2.44. The molecule has 1 amide bonds. The predicted octanol–water partition coefficient (Wildman–Crippen LogP) is 1.87. The minimum atomic E-state index is -0.146. The van der Waals surface area contributed by atoms with Crippen LogP contribution in [0.3, 0.4) is 0 Å². The Hall–Kier alpha value is -1.47. The van der Waals surface area contributed by atoms with Gasteiger partial charge in [-0.3, -0.25) is 4.79 Å². The van der Waals surface area contributed by atoms with E-state index in [9.17, 15) is 9.90 Å². The summed E-state index contributed by atoms with van der Waals surface area (Å²) >= 11 is 0. The van der Waals surface area contributed by atoms with Gasteiger partial charge in [0.25, 0.3) is 0 Å². The molecular weight excluding hydrogens is 356 g/mol. The second kappa shape index (κ2) is 9.35. The second-order valence-electron chi connectivity index (χ2n) is 8.23. The number of methoxy groups -OCH3 is 1. The molecule has 0 bridgehead atoms. The number of nitrogens with zero attached hydrogens (tertiary/aromatic N) is 1. The highest BCUT2D eigenvalue weighted by molar-refractivity contribution is 5.78. The van der Waals surface area contributed by atoms with Crippen LogP contribution >= 0.6 is 0 Å². The van der Waals surface area contributed by atoms with Gasteiger partial charge in [0, 0.05) is 25.0 Å². The molecule has 2 atom stereocenters. The van der Waals surface area contributed by atoms with E-state index in [1.165, 1.54) is 11.1 Å². The fourth-order valence-corrected chi connectivity index (χ4v) is 4.72. The van der Waals surface area contributed by atoms with Gasteiger partial charge < -0.3 is 24.8 Å². The molecule has 1 saturated heterocycles. The quantitative estimate of drug-likeness (QED) is 0.663. The molecule has 0 saturated carbocycles. The summed E-state index contributed by atoms with van der Waals surface area (Å²) < 4.78 is 11.6. The van der Waals surface area contributed by atoms with Crippen LogP contribution in [0, 0.1) is 5.92 Å². The summed E-state index contributed by atoms with van der Waals surface area (Å²) in [7, 11) is 1.67. The molecule has 0 radical (unpaired) electrons. The number of carbonyl (C=O) groups excluding carboxylic acids is 1. The number of piperidine rings is 1. The first-order chi connectivity index (χ1) is 13.5. The monoisotopic (exact) mass is 390 g/mol. The first kappa shape index (κ1) is 21.2. The normalized spacial score (nSPS) is 23.9. The number of fused-ring (bicyclic) bond motifs is 2. The van der Waals surface area contributed by atoms with Crippen molar-refractivity contribution in [2.75, 3.05) is 46.6 Å². The molecule has 156 valence electrons. The second-order valence-corrected chi connectivity index (χ2v) is 8.23. The Labute approximate surface area is 168 Å². The van der Waals surface area contributed by atoms with Crippen LogP contribution in [0.4, 0.5) is 0 Å². The topological polar surface area (TPSA) is 71.0 Å². The number of ether oxygens (including phenoxy) is 2. The van der Waals surface area contributed by atoms with E-state index in [0.29, 0.717) is 19.8 Å². The molecule has 1 aromatic carbocycles. The molecular formula is C22H34N2O4. The summed E-state index contributed by atoms with van der Waals surface area (Å²) in [5.74, 6) is -0.0235. The number of β-amino-alcohol motifs (C(OH)–C–C–N with tert-alkyl or cyclic N) is 1. The molecule has 1 heterocycles. The van der Waals surface area contributed by atoms with Crippen LogP contribution < -0.4 is 5.32 Å². The Bertz CT molecular complexity index is 656. The molecule has 3 rings (SSSR count). The van der Waals surface area contributed by atoms with Crippen LogP contribution in [0.5, 0.6) is 0 Å². The zero-order valence-corrected chi connectivity index (χ0v) is 17.3. The third-order valence-electron chi connectivity index (χ3n) is 6.25. The molecule has 1 spiro atoms. The zero-order valence-electron chi connectivity index (χ0n) is 17.3. The molecule has 28 heavy (non-hydrogen) atoms. The lowest BCUT2D eigenvalue weighted by Crippen LogP contribution is -2.51. The number of hydrogen-bond donors (Lipinski definition) is 2. The van der Waals surface area contributed by atoms with E-state index in [-0.39, 0.29) is 36.0 Å². The van der Waals surface area contributed by atoms with Crippen molar-refractivity contribution < 1.29 is 19.4 Å². The van der Waals surface area contributed by atoms with E-state index >= 15 is 0 Å². The average molecular weight is 391 g/mol. The Morgan fingerprint density at radius 2 is 2.00 bits per heavy atom. The van der Waals surface area contributed by atoms with E-state index < -0.39 is 0 Å². The van der Waals surface area contributed by atoms with Crippen molar-refractivity contribution in [2.45, 2.75) is 44.2 Å². The number of likely N-dealkylation sites (tertiary alicyclic amines) is 1. The van der Waals surface area contributed by atoms with Gasteiger partial charge >= 0.3 is 0 Å². The van der Waals surface area contributed by atoms with Crippen LogP contribution in [0.2, 0.25) is 0 Å². The summed E-state index contributed by atoms with van der Waals surface area (Å²) in [5.41, 5.74) is 2.36. The summed E-state index contributed by atoms with van der Waals surface area (Å²) in [4.78, 5) is 14.9. The molecule has 6 nitrogen and oxygen atoms in total. The molecule has 2 N–H and O–H groups in total. The number of rotatable bonds is 8. The molecule has 2 aliphatic rings. The first-order valence-corrected chi connectivity index (χ1v) is 10.4. The largest absolute Gasteiger partial charge is 0.395 e. The Morgan fingerprint density at radius 3 is 2.64 bits per heavy atom. The standard InChI is InChI=1S/C22H34N2O4/c1-16(2)21(26)23-19-17-6-4-5-7-18(17)22(20(19)28-15-14-27-3)8-10-24(11-9-22)12-13-25/h4-7,16,19-20,25H,8-15H2,1-3H3,(H,23,26)/t19-,20+/m1/s1. The highest BCUT2D eigenvalue weighted by atomic mass is 16.5. The number of nitrogens with one attached hydrogen (secondary N) is 1. The van der Waals surface area contributed by atoms with Crippen LogP contribution in [0.25, 0.3) is 0 Å². The number of benzene rings is 1. The van der Waals surface area contributed by atoms with Gasteiger partial charge in [-0.2, -0.15) is 0 Å². The molecule has 1 aromatic rings. The van der Waals surface area contributed by atoms with Crippen molar-refractivity contribution in [2.24, 2.45) is 5.92 Å². The summed E-state index contributed by atoms with van der Waals surface area (Å²) in [6.45, 7) is 7.61. The summed E-state index contributed by atoms with van der Waals surface area (Å²) in [5, 5.41) is 12.6. The number of carbonyl (C=O) groups is 1. The van der Waals surface area contributed by atoms with E-state index in [1.807, 2.05) is 19.9 Å². The molecule has 1 aliphatic carbocycles. The van der Waals surface area contributed by atoms with Crippen molar-refractivity contribution in [3.63, 3.8) is 0 Å². The first-order valence-electron chi connectivity index (χ1n) is 10.4. The van der Waals surface area contributed by atoms with E-state index in [4.69, 9.17) is 9.47 Å². The van der Waals surface area contributed by atoms with Crippen molar-refractivity contribution in [1.82, 2.24) is 10.2 Å². The van der Waals surface area contributed by atoms with E-state index in [0.717, 1.165) is 25.9 Å². The van der Waals surface area contributed by atoms with Gasteiger partial charge in [-0.05, 0) is 37.1 Å². The van der Waals surface area contributed by atoms with Gasteiger partial charge in [0.2, 0.25) is 5.91 Å². The third-order valence-corrected chi connectivity index (χ3v) is 6.25. The van der Waals surface area contributed by atoms with Gasteiger partial charge in [0.15, 0.2) is 0 Å². The number of amides is 1. The van der Waals surface area contributed by atoms with Crippen LogP contribution in [-0.2, 0) is 19.7 Å². The van der Waals surface area contributed by atoms with E-state index in [1.54, 1.807) is 7.11 Å². The third kappa shape index (κ3) is 4.10. The predicted molar refractivity (Wildman–Crippen MR) is 108 cm³/mol. The van der Waals surface area contributed by atoms with Crippen molar-refractivity contribution in [1.29, 1.82) is 0 Å². The van der Waals surface area contributed by atoms with Gasteiger partial charge in [-0.1, -0.05) is 38.1 Å². The smallest absolute Gasteiger partial charge is 0.223 e. The highest BCUT2D eigenvalue weighted by Crippen LogP contribution is 2.52. The fraction of sp³-hybridized carbons (Fsp3) is 0.682. The van der Waals surface area contributed by atoms with Gasteiger partial charge in [0.05, 0.1) is 32.0 Å². The van der Waals surface area contributed by atoms with Crippen LogP contribution in [-0.4, -0.2) is 68.6 Å². The van der Waals surface area contributed by atoms with Crippen LogP contribution in [0.1, 0.15) is 43.9 Å². The van der Waals surface area contributed by atoms with Crippen molar-refractivity contribution in [3.8, 4) is 0 Å². The Morgan fingerprint density at radius 1 is 1.29 bits per heavy atom. The molecule has 0 aromatic heterocycles. The summed E-state index contributed by atoms with van der Waals surface area (Å²) in [6, 6.07) is 8.30. The maximum atomic E-state index is 12.6. The fourth-order valence-electron chi connectivity index (χ4n) is 4.72. The maximum absolute atomic E-state index is 12.6.